The average Bonchev–Trinajstić information content (AvgIpc) is 1.86. The Morgan fingerprint density at radius 1 is 1.67 bits per heavy atom. The Morgan fingerprint density at radius 3 is 2.67 bits per heavy atom. The van der Waals surface area contributed by atoms with Gasteiger partial charge in [-0.3, -0.25) is 0 Å². The topological polar surface area (TPSA) is 26.0 Å². The molecule has 0 aromatic rings. The normalized spacial score (nSPS) is 15.7. The van der Waals surface area contributed by atoms with Gasteiger partial charge in [-0.2, -0.15) is 0 Å². The van der Waals surface area contributed by atoms with Crippen LogP contribution in [-0.2, 0) is 0 Å². The third kappa shape index (κ3) is 0.354. The van der Waals surface area contributed by atoms with Gasteiger partial charge in [-0.15, -0.1) is 0 Å². The lowest BCUT2D eigenvalue weighted by atomic mass is 10.5. The number of rotatable bonds is 0. The van der Waals surface area contributed by atoms with Crippen molar-refractivity contribution in [2.75, 3.05) is 0 Å². The molecule has 0 aliphatic heterocycles. The van der Waals surface area contributed by atoms with Gasteiger partial charge in [0.2, 0.25) is 0 Å². The predicted octanol–water partition coefficient (Wildman–Crippen LogP) is 0.554. The van der Waals surface area contributed by atoms with Crippen molar-refractivity contribution in [3.8, 4) is 0 Å². The zero-order valence-electron chi connectivity index (χ0n) is 3.31. The first-order valence-corrected chi connectivity index (χ1v) is 1.78. The van der Waals surface area contributed by atoms with E-state index in [2.05, 4.69) is 5.73 Å². The fourth-order valence-corrected chi connectivity index (χ4v) is 0.344. The van der Waals surface area contributed by atoms with Crippen LogP contribution in [0.25, 0.3) is 0 Å². The highest BCUT2D eigenvalue weighted by Gasteiger charge is 1.77. The summed E-state index contributed by atoms with van der Waals surface area (Å²) in [4.78, 5) is 0. The van der Waals surface area contributed by atoms with Crippen molar-refractivity contribution in [3.63, 3.8) is 0 Å². The maximum atomic E-state index is 5.22. The van der Waals surface area contributed by atoms with Crippen LogP contribution in [0, 0.1) is 0 Å². The van der Waals surface area contributed by atoms with Crippen LogP contribution < -0.4 is 5.73 Å². The molecule has 1 aliphatic carbocycles. The summed E-state index contributed by atoms with van der Waals surface area (Å²) >= 11 is 0. The van der Waals surface area contributed by atoms with E-state index in [1.807, 2.05) is 6.08 Å². The third-order valence-electron chi connectivity index (χ3n) is 0.622. The Labute approximate surface area is 36.5 Å². The Kier molecular flexibility index (Phi) is 0.562. The molecule has 0 fully saturated rings. The molecule has 0 radical (unpaired) electrons. The molecule has 6 heavy (non-hydrogen) atoms. The molecule has 2 N–H and O–H groups in total. The van der Waals surface area contributed by atoms with Crippen molar-refractivity contribution in [2.24, 2.45) is 5.73 Å². The SMILES string of the molecule is NC1=C=CC=C1. The summed E-state index contributed by atoms with van der Waals surface area (Å²) in [5.41, 5.74) is 8.72. The van der Waals surface area contributed by atoms with E-state index in [1.54, 1.807) is 12.2 Å². The summed E-state index contributed by atoms with van der Waals surface area (Å²) in [6.07, 6.45) is 5.45. The molecule has 0 amide bonds. The summed E-state index contributed by atoms with van der Waals surface area (Å²) in [6, 6.07) is 0. The Morgan fingerprint density at radius 2 is 2.50 bits per heavy atom. The van der Waals surface area contributed by atoms with E-state index >= 15 is 0 Å². The second-order valence-electron chi connectivity index (χ2n) is 1.13. The quantitative estimate of drug-likeness (QED) is 0.422. The molecule has 1 nitrogen and oxygen atoms in total. The molecule has 0 spiro atoms. The van der Waals surface area contributed by atoms with E-state index in [0.717, 1.165) is 5.70 Å². The van der Waals surface area contributed by atoms with Gasteiger partial charge in [0.15, 0.2) is 0 Å². The fourth-order valence-electron chi connectivity index (χ4n) is 0.344. The van der Waals surface area contributed by atoms with E-state index in [1.165, 1.54) is 0 Å². The van der Waals surface area contributed by atoms with E-state index in [9.17, 15) is 0 Å². The minimum atomic E-state index is 0.718. The van der Waals surface area contributed by atoms with Gasteiger partial charge < -0.3 is 5.73 Å². The van der Waals surface area contributed by atoms with E-state index in [0.29, 0.717) is 0 Å². The monoisotopic (exact) mass is 79.0 g/mol. The maximum Gasteiger partial charge on any atom is 0.0747 e. The number of hydrogen-bond donors (Lipinski definition) is 1. The molecule has 0 unspecified atom stereocenters. The molecule has 0 bridgehead atoms. The summed E-state index contributed by atoms with van der Waals surface area (Å²) < 4.78 is 0. The van der Waals surface area contributed by atoms with Crippen molar-refractivity contribution in [1.82, 2.24) is 0 Å². The van der Waals surface area contributed by atoms with Gasteiger partial charge in [0.25, 0.3) is 0 Å². The van der Waals surface area contributed by atoms with Crippen molar-refractivity contribution in [1.29, 1.82) is 0 Å². The zero-order valence-corrected chi connectivity index (χ0v) is 3.31. The highest BCUT2D eigenvalue weighted by atomic mass is 14.5. The fraction of sp³-hybridized carbons (Fsp3) is 0. The van der Waals surface area contributed by atoms with E-state index in [-0.39, 0.29) is 0 Å². The van der Waals surface area contributed by atoms with Gasteiger partial charge in [-0.1, -0.05) is 11.8 Å². The lowest BCUT2D eigenvalue weighted by Gasteiger charge is -1.71. The molecule has 0 atom stereocenters. The van der Waals surface area contributed by atoms with Crippen molar-refractivity contribution in [2.45, 2.75) is 0 Å². The first-order chi connectivity index (χ1) is 2.89. The average molecular weight is 79.1 g/mol. The maximum absolute atomic E-state index is 5.22. The predicted molar refractivity (Wildman–Crippen MR) is 24.9 cm³/mol. The first kappa shape index (κ1) is 3.26. The first-order valence-electron chi connectivity index (χ1n) is 1.78. The molecule has 0 heterocycles. The van der Waals surface area contributed by atoms with Crippen LogP contribution in [-0.4, -0.2) is 0 Å². The smallest absolute Gasteiger partial charge is 0.0747 e. The van der Waals surface area contributed by atoms with Gasteiger partial charge in [0.05, 0.1) is 5.70 Å². The molecular weight excluding hydrogens is 74.1 g/mol. The van der Waals surface area contributed by atoms with Crippen LogP contribution in [0.15, 0.2) is 29.7 Å². The van der Waals surface area contributed by atoms with Crippen LogP contribution >= 0.6 is 0 Å². The molecule has 1 heteroatoms. The lowest BCUT2D eigenvalue weighted by Crippen LogP contribution is -1.86. The molecule has 0 saturated heterocycles. The van der Waals surface area contributed by atoms with Crippen molar-refractivity contribution < 1.29 is 0 Å². The number of nitrogens with two attached hydrogens (primary N) is 1. The summed E-state index contributed by atoms with van der Waals surface area (Å²) in [5, 5.41) is 0. The molecule has 0 saturated carbocycles. The third-order valence-corrected chi connectivity index (χ3v) is 0.622. The zero-order chi connectivity index (χ0) is 4.41. The van der Waals surface area contributed by atoms with Crippen molar-refractivity contribution >= 4 is 0 Å². The van der Waals surface area contributed by atoms with Gasteiger partial charge in [-0.25, -0.2) is 0 Å². The van der Waals surface area contributed by atoms with Gasteiger partial charge in [0, 0.05) is 0 Å². The largest absolute Gasteiger partial charge is 0.392 e. The van der Waals surface area contributed by atoms with Crippen LogP contribution in [0.1, 0.15) is 0 Å². The molecule has 1 rings (SSSR count). The molecule has 0 aromatic heterocycles. The van der Waals surface area contributed by atoms with Crippen LogP contribution in [0.2, 0.25) is 0 Å². The van der Waals surface area contributed by atoms with Gasteiger partial charge in [0.1, 0.15) is 0 Å². The molecule has 30 valence electrons. The second-order valence-corrected chi connectivity index (χ2v) is 1.13. The highest BCUT2D eigenvalue weighted by Crippen LogP contribution is 1.90. The minimum absolute atomic E-state index is 0.718. The molecular formula is C5H5N. The van der Waals surface area contributed by atoms with Crippen molar-refractivity contribution in [3.05, 3.63) is 29.7 Å². The highest BCUT2D eigenvalue weighted by molar-refractivity contribution is 5.25. The summed E-state index contributed by atoms with van der Waals surface area (Å²) in [7, 11) is 0. The summed E-state index contributed by atoms with van der Waals surface area (Å²) in [5.74, 6) is 0. The second kappa shape index (κ2) is 1.04. The minimum Gasteiger partial charge on any atom is -0.392 e. The van der Waals surface area contributed by atoms with Crippen LogP contribution in [0.3, 0.4) is 0 Å². The van der Waals surface area contributed by atoms with Crippen LogP contribution in [0.4, 0.5) is 0 Å². The number of hydrogen-bond acceptors (Lipinski definition) is 1. The lowest BCUT2D eigenvalue weighted by molar-refractivity contribution is 1.46. The standard InChI is InChI=1S/C5H5N/c6-5-3-1-2-4-5/h1-3H,6H2. The van der Waals surface area contributed by atoms with E-state index < -0.39 is 0 Å². The Balaban J connectivity index is 2.98. The number of allylic oxidation sites excluding steroid dienone is 2. The van der Waals surface area contributed by atoms with Gasteiger partial charge >= 0.3 is 0 Å². The van der Waals surface area contributed by atoms with Crippen LogP contribution in [0.5, 0.6) is 0 Å². The Hall–Kier alpha value is -0.940. The molecule has 0 aromatic carbocycles. The summed E-state index contributed by atoms with van der Waals surface area (Å²) in [6.45, 7) is 0. The van der Waals surface area contributed by atoms with Gasteiger partial charge in [-0.05, 0) is 12.2 Å². The Bertz CT molecular complexity index is 136. The van der Waals surface area contributed by atoms with E-state index in [4.69, 9.17) is 5.73 Å². The molecule has 1 aliphatic rings.